The molecule has 60 valence electrons. The lowest BCUT2D eigenvalue weighted by Gasteiger charge is -1.96. The Balaban J connectivity index is 2.81. The van der Waals surface area contributed by atoms with Crippen molar-refractivity contribution in [2.45, 2.75) is 6.92 Å². The lowest BCUT2D eigenvalue weighted by molar-refractivity contribution is 0.112. The lowest BCUT2D eigenvalue weighted by atomic mass is 10.1. The molecule has 1 aromatic carbocycles. The average Bonchev–Trinajstić information content (AvgIpc) is 2.49. The largest absolute Gasteiger partial charge is 0.345 e. The normalized spacial score (nSPS) is 10.4. The second-order valence-electron chi connectivity index (χ2n) is 2.75. The van der Waals surface area contributed by atoms with Crippen LogP contribution in [0.2, 0.25) is 0 Å². The SMILES string of the molecule is Cc1cc2[nH]cnc2cc1C=O. The minimum Gasteiger partial charge on any atom is -0.345 e. The molecule has 0 bridgehead atoms. The summed E-state index contributed by atoms with van der Waals surface area (Å²) in [5.41, 5.74) is 3.48. The second-order valence-corrected chi connectivity index (χ2v) is 2.75. The van der Waals surface area contributed by atoms with Crippen molar-refractivity contribution in [1.29, 1.82) is 0 Å². The molecule has 3 nitrogen and oxygen atoms in total. The number of fused-ring (bicyclic) bond motifs is 1. The van der Waals surface area contributed by atoms with Crippen LogP contribution in [0.15, 0.2) is 18.5 Å². The fourth-order valence-electron chi connectivity index (χ4n) is 1.23. The van der Waals surface area contributed by atoms with E-state index in [9.17, 15) is 4.79 Å². The van der Waals surface area contributed by atoms with Crippen molar-refractivity contribution >= 4 is 17.3 Å². The number of benzene rings is 1. The predicted molar refractivity (Wildman–Crippen MR) is 46.2 cm³/mol. The fraction of sp³-hybridized carbons (Fsp3) is 0.111. The molecule has 1 N–H and O–H groups in total. The first kappa shape index (κ1) is 7.03. The number of hydrogen-bond donors (Lipinski definition) is 1. The molecule has 0 radical (unpaired) electrons. The van der Waals surface area contributed by atoms with Crippen LogP contribution in [0.4, 0.5) is 0 Å². The Morgan fingerprint density at radius 3 is 3.08 bits per heavy atom. The van der Waals surface area contributed by atoms with E-state index in [1.54, 1.807) is 12.4 Å². The summed E-state index contributed by atoms with van der Waals surface area (Å²) < 4.78 is 0. The van der Waals surface area contributed by atoms with Gasteiger partial charge in [-0.15, -0.1) is 0 Å². The first-order valence-corrected chi connectivity index (χ1v) is 3.70. The molecule has 2 rings (SSSR count). The number of imidazole rings is 1. The van der Waals surface area contributed by atoms with E-state index in [0.29, 0.717) is 5.56 Å². The van der Waals surface area contributed by atoms with Crippen molar-refractivity contribution < 1.29 is 4.79 Å². The third-order valence-electron chi connectivity index (χ3n) is 1.94. The van der Waals surface area contributed by atoms with E-state index >= 15 is 0 Å². The van der Waals surface area contributed by atoms with Crippen molar-refractivity contribution in [2.24, 2.45) is 0 Å². The lowest BCUT2D eigenvalue weighted by Crippen LogP contribution is -1.85. The minimum atomic E-state index is 0.703. The maximum atomic E-state index is 10.6. The van der Waals surface area contributed by atoms with Gasteiger partial charge in [-0.05, 0) is 24.6 Å². The molecule has 0 spiro atoms. The van der Waals surface area contributed by atoms with Crippen LogP contribution in [0.25, 0.3) is 11.0 Å². The smallest absolute Gasteiger partial charge is 0.150 e. The van der Waals surface area contributed by atoms with Crippen LogP contribution in [0.1, 0.15) is 15.9 Å². The van der Waals surface area contributed by atoms with E-state index in [4.69, 9.17) is 0 Å². The third kappa shape index (κ3) is 0.906. The molecule has 1 aromatic heterocycles. The predicted octanol–water partition coefficient (Wildman–Crippen LogP) is 1.68. The van der Waals surface area contributed by atoms with Crippen molar-refractivity contribution in [1.82, 2.24) is 9.97 Å². The van der Waals surface area contributed by atoms with Gasteiger partial charge in [-0.1, -0.05) is 0 Å². The number of carbonyl (C=O) groups is 1. The molecule has 1 heterocycles. The molecule has 0 unspecified atom stereocenters. The van der Waals surface area contributed by atoms with Gasteiger partial charge in [-0.25, -0.2) is 4.98 Å². The van der Waals surface area contributed by atoms with E-state index in [1.807, 2.05) is 13.0 Å². The van der Waals surface area contributed by atoms with Gasteiger partial charge in [0.05, 0.1) is 17.4 Å². The Kier molecular flexibility index (Phi) is 1.43. The summed E-state index contributed by atoms with van der Waals surface area (Å²) in [4.78, 5) is 17.6. The summed E-state index contributed by atoms with van der Waals surface area (Å²) in [6.07, 6.45) is 2.47. The van der Waals surface area contributed by atoms with Gasteiger partial charge in [0.1, 0.15) is 6.29 Å². The molecule has 12 heavy (non-hydrogen) atoms. The quantitative estimate of drug-likeness (QED) is 0.645. The Morgan fingerprint density at radius 2 is 2.33 bits per heavy atom. The van der Waals surface area contributed by atoms with Gasteiger partial charge in [0.15, 0.2) is 0 Å². The third-order valence-corrected chi connectivity index (χ3v) is 1.94. The highest BCUT2D eigenvalue weighted by molar-refractivity contribution is 5.86. The van der Waals surface area contributed by atoms with Crippen molar-refractivity contribution in [3.05, 3.63) is 29.6 Å². The number of aromatic amines is 1. The highest BCUT2D eigenvalue weighted by Crippen LogP contribution is 2.14. The van der Waals surface area contributed by atoms with Crippen LogP contribution >= 0.6 is 0 Å². The van der Waals surface area contributed by atoms with Crippen LogP contribution in [0.5, 0.6) is 0 Å². The number of H-pyrrole nitrogens is 1. The second kappa shape index (κ2) is 2.44. The Hall–Kier alpha value is -1.64. The summed E-state index contributed by atoms with van der Waals surface area (Å²) in [5, 5.41) is 0. The highest BCUT2D eigenvalue weighted by atomic mass is 16.1. The van der Waals surface area contributed by atoms with E-state index in [2.05, 4.69) is 9.97 Å². The van der Waals surface area contributed by atoms with Crippen LogP contribution in [0, 0.1) is 6.92 Å². The zero-order valence-corrected chi connectivity index (χ0v) is 6.66. The summed E-state index contributed by atoms with van der Waals surface area (Å²) >= 11 is 0. The summed E-state index contributed by atoms with van der Waals surface area (Å²) in [6.45, 7) is 1.91. The number of rotatable bonds is 1. The molecule has 0 aliphatic rings. The zero-order chi connectivity index (χ0) is 8.55. The van der Waals surface area contributed by atoms with Crippen LogP contribution in [0.3, 0.4) is 0 Å². The molecule has 0 aliphatic heterocycles. The molecule has 3 heteroatoms. The fourth-order valence-corrected chi connectivity index (χ4v) is 1.23. The van der Waals surface area contributed by atoms with Gasteiger partial charge in [0, 0.05) is 5.56 Å². The first-order valence-electron chi connectivity index (χ1n) is 3.70. The maximum Gasteiger partial charge on any atom is 0.150 e. The monoisotopic (exact) mass is 160 g/mol. The molecule has 0 saturated heterocycles. The maximum absolute atomic E-state index is 10.6. The van der Waals surface area contributed by atoms with Crippen LogP contribution in [-0.2, 0) is 0 Å². The van der Waals surface area contributed by atoms with Crippen LogP contribution in [-0.4, -0.2) is 16.3 Å². The topological polar surface area (TPSA) is 45.8 Å². The van der Waals surface area contributed by atoms with Crippen molar-refractivity contribution in [2.75, 3.05) is 0 Å². The Labute approximate surface area is 69.4 Å². The number of aromatic nitrogens is 2. The van der Waals surface area contributed by atoms with Gasteiger partial charge < -0.3 is 4.98 Å². The Bertz CT molecular complexity index is 431. The van der Waals surface area contributed by atoms with Gasteiger partial charge in [0.25, 0.3) is 0 Å². The number of hydrogen-bond acceptors (Lipinski definition) is 2. The molecule has 0 atom stereocenters. The van der Waals surface area contributed by atoms with Crippen LogP contribution < -0.4 is 0 Å². The van der Waals surface area contributed by atoms with Crippen molar-refractivity contribution in [3.63, 3.8) is 0 Å². The van der Waals surface area contributed by atoms with Gasteiger partial charge in [-0.3, -0.25) is 4.79 Å². The summed E-state index contributed by atoms with van der Waals surface area (Å²) in [5.74, 6) is 0. The first-order chi connectivity index (χ1) is 5.81. The summed E-state index contributed by atoms with van der Waals surface area (Å²) in [7, 11) is 0. The number of aldehydes is 1. The van der Waals surface area contributed by atoms with Gasteiger partial charge in [0.2, 0.25) is 0 Å². The standard InChI is InChI=1S/C9H8N2O/c1-6-2-8-9(11-5-10-8)3-7(6)4-12/h2-5H,1H3,(H,10,11). The van der Waals surface area contributed by atoms with Gasteiger partial charge in [-0.2, -0.15) is 0 Å². The molecule has 0 aliphatic carbocycles. The van der Waals surface area contributed by atoms with E-state index in [0.717, 1.165) is 22.9 Å². The number of nitrogens with one attached hydrogen (secondary N) is 1. The van der Waals surface area contributed by atoms with E-state index in [-0.39, 0.29) is 0 Å². The molecular formula is C9H8N2O. The zero-order valence-electron chi connectivity index (χ0n) is 6.66. The number of aryl methyl sites for hydroxylation is 1. The molecule has 0 fully saturated rings. The summed E-state index contributed by atoms with van der Waals surface area (Å²) in [6, 6.07) is 3.71. The highest BCUT2D eigenvalue weighted by Gasteiger charge is 2.01. The van der Waals surface area contributed by atoms with Crippen molar-refractivity contribution in [3.8, 4) is 0 Å². The number of nitrogens with zero attached hydrogens (tertiary/aromatic N) is 1. The Morgan fingerprint density at radius 1 is 1.50 bits per heavy atom. The average molecular weight is 160 g/mol. The van der Waals surface area contributed by atoms with Gasteiger partial charge >= 0.3 is 0 Å². The molecule has 2 aromatic rings. The minimum absolute atomic E-state index is 0.703. The molecule has 0 amide bonds. The molecular weight excluding hydrogens is 152 g/mol. The number of carbonyl (C=O) groups excluding carboxylic acids is 1. The van der Waals surface area contributed by atoms with E-state index in [1.165, 1.54) is 0 Å². The van der Waals surface area contributed by atoms with E-state index < -0.39 is 0 Å². The molecule has 0 saturated carbocycles.